The van der Waals surface area contributed by atoms with E-state index < -0.39 is 0 Å². The molecule has 1 saturated heterocycles. The summed E-state index contributed by atoms with van der Waals surface area (Å²) in [5.41, 5.74) is 0.998. The van der Waals surface area contributed by atoms with Crippen LogP contribution in [0, 0.1) is 0 Å². The van der Waals surface area contributed by atoms with Gasteiger partial charge in [0, 0.05) is 12.5 Å². The van der Waals surface area contributed by atoms with Crippen LogP contribution in [-0.4, -0.2) is 39.3 Å². The van der Waals surface area contributed by atoms with Gasteiger partial charge in [0.1, 0.15) is 11.5 Å². The van der Waals surface area contributed by atoms with E-state index in [4.69, 9.17) is 9.47 Å². The van der Waals surface area contributed by atoms with Gasteiger partial charge in [-0.25, -0.2) is 0 Å². The monoisotopic (exact) mass is 328 g/mol. The molecule has 0 unspecified atom stereocenters. The van der Waals surface area contributed by atoms with Crippen LogP contribution in [0.2, 0.25) is 0 Å². The number of hydrogen-bond donors (Lipinski definition) is 2. The van der Waals surface area contributed by atoms with E-state index in [1.54, 1.807) is 14.2 Å². The van der Waals surface area contributed by atoms with Gasteiger partial charge in [0.15, 0.2) is 0 Å². The van der Waals surface area contributed by atoms with Gasteiger partial charge < -0.3 is 20.1 Å². The largest absolute Gasteiger partial charge is 0.497 e. The van der Waals surface area contributed by atoms with Crippen LogP contribution in [0.15, 0.2) is 18.2 Å². The molecule has 1 aromatic carbocycles. The lowest BCUT2D eigenvalue weighted by Gasteiger charge is -2.23. The molecule has 22 heavy (non-hydrogen) atoms. The second-order valence-corrected chi connectivity index (χ2v) is 5.27. The Morgan fingerprint density at radius 1 is 1.27 bits per heavy atom. The molecule has 0 spiro atoms. The molecule has 5 nitrogen and oxygen atoms in total. The second kappa shape index (κ2) is 9.54. The van der Waals surface area contributed by atoms with Gasteiger partial charge in [-0.15, -0.1) is 12.4 Å². The summed E-state index contributed by atoms with van der Waals surface area (Å²) in [5, 5.41) is 6.40. The van der Waals surface area contributed by atoms with E-state index in [0.717, 1.165) is 43.0 Å². The predicted molar refractivity (Wildman–Crippen MR) is 89.1 cm³/mol. The summed E-state index contributed by atoms with van der Waals surface area (Å²) in [4.78, 5) is 12.0. The molecule has 6 heteroatoms. The summed E-state index contributed by atoms with van der Waals surface area (Å²) in [6.07, 6.45) is 3.13. The second-order valence-electron chi connectivity index (χ2n) is 5.27. The van der Waals surface area contributed by atoms with Gasteiger partial charge >= 0.3 is 0 Å². The highest BCUT2D eigenvalue weighted by Gasteiger charge is 2.15. The van der Waals surface area contributed by atoms with Crippen molar-refractivity contribution in [2.45, 2.75) is 31.7 Å². The van der Waals surface area contributed by atoms with Gasteiger partial charge in [-0.1, -0.05) is 0 Å². The predicted octanol–water partition coefficient (Wildman–Crippen LogP) is 1.93. The molecule has 1 aliphatic rings. The Hall–Kier alpha value is -1.46. The number of nitrogens with one attached hydrogen (secondary N) is 2. The fraction of sp³-hybridized carbons (Fsp3) is 0.562. The van der Waals surface area contributed by atoms with Crippen LogP contribution in [0.4, 0.5) is 0 Å². The summed E-state index contributed by atoms with van der Waals surface area (Å²) in [7, 11) is 3.27. The molecule has 0 aliphatic carbocycles. The van der Waals surface area contributed by atoms with Crippen LogP contribution < -0.4 is 20.1 Å². The normalized spacial score (nSPS) is 14.8. The molecule has 1 fully saturated rings. The number of halogens is 1. The third-order valence-electron chi connectivity index (χ3n) is 3.81. The van der Waals surface area contributed by atoms with E-state index in [1.165, 1.54) is 0 Å². The third-order valence-corrected chi connectivity index (χ3v) is 3.81. The smallest absolute Gasteiger partial charge is 0.220 e. The minimum Gasteiger partial charge on any atom is -0.497 e. The van der Waals surface area contributed by atoms with Crippen molar-refractivity contribution in [3.05, 3.63) is 23.8 Å². The highest BCUT2D eigenvalue weighted by Crippen LogP contribution is 2.25. The maximum atomic E-state index is 12.0. The highest BCUT2D eigenvalue weighted by molar-refractivity contribution is 5.85. The first-order chi connectivity index (χ1) is 10.2. The fourth-order valence-electron chi connectivity index (χ4n) is 2.59. The first-order valence-corrected chi connectivity index (χ1v) is 7.44. The van der Waals surface area contributed by atoms with E-state index in [0.29, 0.717) is 18.9 Å². The Balaban J connectivity index is 0.00000242. The van der Waals surface area contributed by atoms with Gasteiger partial charge in [0.2, 0.25) is 5.91 Å². The molecular formula is C16H25ClN2O3. The third kappa shape index (κ3) is 5.39. The van der Waals surface area contributed by atoms with Crippen LogP contribution in [0.1, 0.15) is 24.8 Å². The SMILES string of the molecule is COc1ccc(OC)c(CCC(=O)NC2CCNCC2)c1.Cl. The molecule has 1 heterocycles. The molecule has 2 N–H and O–H groups in total. The Bertz CT molecular complexity index is 476. The van der Waals surface area contributed by atoms with Crippen LogP contribution in [0.3, 0.4) is 0 Å². The molecule has 124 valence electrons. The number of benzene rings is 1. The number of piperidine rings is 1. The molecule has 0 bridgehead atoms. The maximum absolute atomic E-state index is 12.0. The molecule has 0 aromatic heterocycles. The number of hydrogen-bond acceptors (Lipinski definition) is 4. The van der Waals surface area contributed by atoms with Crippen LogP contribution >= 0.6 is 12.4 Å². The molecule has 1 aromatic rings. The number of carbonyl (C=O) groups is 1. The van der Waals surface area contributed by atoms with Crippen molar-refractivity contribution in [3.63, 3.8) is 0 Å². The van der Waals surface area contributed by atoms with E-state index >= 15 is 0 Å². The van der Waals surface area contributed by atoms with E-state index in [2.05, 4.69) is 10.6 Å². The van der Waals surface area contributed by atoms with E-state index in [-0.39, 0.29) is 18.3 Å². The zero-order valence-corrected chi connectivity index (χ0v) is 14.0. The topological polar surface area (TPSA) is 59.6 Å². The van der Waals surface area contributed by atoms with Crippen molar-refractivity contribution in [1.82, 2.24) is 10.6 Å². The highest BCUT2D eigenvalue weighted by atomic mass is 35.5. The fourth-order valence-corrected chi connectivity index (χ4v) is 2.59. The van der Waals surface area contributed by atoms with E-state index in [1.807, 2.05) is 18.2 Å². The van der Waals surface area contributed by atoms with Crippen molar-refractivity contribution in [2.24, 2.45) is 0 Å². The summed E-state index contributed by atoms with van der Waals surface area (Å²) in [6.45, 7) is 1.96. The minimum atomic E-state index is 0. The lowest BCUT2D eigenvalue weighted by atomic mass is 10.0. The zero-order chi connectivity index (χ0) is 15.1. The quantitative estimate of drug-likeness (QED) is 0.837. The lowest BCUT2D eigenvalue weighted by molar-refractivity contribution is -0.121. The van der Waals surface area contributed by atoms with Crippen LogP contribution in [-0.2, 0) is 11.2 Å². The summed E-state index contributed by atoms with van der Waals surface area (Å²) < 4.78 is 10.6. The molecule has 0 atom stereocenters. The number of methoxy groups -OCH3 is 2. The Labute approximate surface area is 138 Å². The molecule has 1 aliphatic heterocycles. The van der Waals surface area contributed by atoms with Gasteiger partial charge in [-0.2, -0.15) is 0 Å². The number of aryl methyl sites for hydroxylation is 1. The van der Waals surface area contributed by atoms with Crippen molar-refractivity contribution < 1.29 is 14.3 Å². The van der Waals surface area contributed by atoms with Crippen molar-refractivity contribution in [1.29, 1.82) is 0 Å². The van der Waals surface area contributed by atoms with E-state index in [9.17, 15) is 4.79 Å². The Morgan fingerprint density at radius 3 is 2.64 bits per heavy atom. The van der Waals surface area contributed by atoms with Gasteiger partial charge in [-0.3, -0.25) is 4.79 Å². The van der Waals surface area contributed by atoms with Crippen LogP contribution in [0.5, 0.6) is 11.5 Å². The molecule has 0 radical (unpaired) electrons. The summed E-state index contributed by atoms with van der Waals surface area (Å²) in [6, 6.07) is 5.97. The van der Waals surface area contributed by atoms with Gasteiger partial charge in [0.25, 0.3) is 0 Å². The van der Waals surface area contributed by atoms with Gasteiger partial charge in [-0.05, 0) is 56.1 Å². The van der Waals surface area contributed by atoms with Crippen molar-refractivity contribution >= 4 is 18.3 Å². The first-order valence-electron chi connectivity index (χ1n) is 7.44. The maximum Gasteiger partial charge on any atom is 0.220 e. The number of carbonyl (C=O) groups excluding carboxylic acids is 1. The number of rotatable bonds is 6. The Morgan fingerprint density at radius 2 is 2.00 bits per heavy atom. The number of amides is 1. The number of ether oxygens (including phenoxy) is 2. The average Bonchev–Trinajstić information content (AvgIpc) is 2.53. The zero-order valence-electron chi connectivity index (χ0n) is 13.2. The molecule has 1 amide bonds. The lowest BCUT2D eigenvalue weighted by Crippen LogP contribution is -2.42. The van der Waals surface area contributed by atoms with Crippen molar-refractivity contribution in [3.8, 4) is 11.5 Å². The van der Waals surface area contributed by atoms with Crippen molar-refractivity contribution in [2.75, 3.05) is 27.3 Å². The Kier molecular flexibility index (Phi) is 8.06. The first kappa shape index (κ1) is 18.6. The average molecular weight is 329 g/mol. The molecule has 2 rings (SSSR count). The molecule has 0 saturated carbocycles. The summed E-state index contributed by atoms with van der Waals surface area (Å²) in [5.74, 6) is 1.68. The van der Waals surface area contributed by atoms with Gasteiger partial charge in [0.05, 0.1) is 14.2 Å². The minimum absolute atomic E-state index is 0. The summed E-state index contributed by atoms with van der Waals surface area (Å²) >= 11 is 0. The van der Waals surface area contributed by atoms with Crippen LogP contribution in [0.25, 0.3) is 0 Å². The standard InChI is InChI=1S/C16H24N2O3.ClH/c1-20-14-4-5-15(21-2)12(11-14)3-6-16(19)18-13-7-9-17-10-8-13;/h4-5,11,13,17H,3,6-10H2,1-2H3,(H,18,19);1H. The molecular weight excluding hydrogens is 304 g/mol.